The van der Waals surface area contributed by atoms with Crippen LogP contribution in [0.25, 0.3) is 11.1 Å². The Kier molecular flexibility index (Phi) is 6.87. The van der Waals surface area contributed by atoms with Gasteiger partial charge in [-0.2, -0.15) is 5.26 Å². The number of morpholine rings is 1. The average Bonchev–Trinajstić information content (AvgIpc) is 3.27. The summed E-state index contributed by atoms with van der Waals surface area (Å²) < 4.78 is 5.51. The second kappa shape index (κ2) is 9.98. The number of nitriles is 1. The fourth-order valence-corrected chi connectivity index (χ4v) is 4.36. The third kappa shape index (κ3) is 4.53. The van der Waals surface area contributed by atoms with E-state index >= 15 is 0 Å². The summed E-state index contributed by atoms with van der Waals surface area (Å²) in [5.74, 6) is 0.423. The van der Waals surface area contributed by atoms with Crippen LogP contribution in [0.4, 0.5) is 5.82 Å². The first-order chi connectivity index (χ1) is 16.1. The lowest BCUT2D eigenvalue weighted by Gasteiger charge is -2.30. The molecule has 2 aliphatic rings. The van der Waals surface area contributed by atoms with Gasteiger partial charge >= 0.3 is 0 Å². The summed E-state index contributed by atoms with van der Waals surface area (Å²) in [6, 6.07) is 11.1. The Bertz CT molecular complexity index is 1100. The van der Waals surface area contributed by atoms with E-state index in [4.69, 9.17) is 14.6 Å². The summed E-state index contributed by atoms with van der Waals surface area (Å²) in [6.07, 6.45) is 0.463. The van der Waals surface area contributed by atoms with Crippen LogP contribution in [0.1, 0.15) is 28.0 Å². The number of carbonyl (C=O) groups is 1. The first-order valence-corrected chi connectivity index (χ1v) is 10.9. The number of carbonyl (C=O) groups excluding carboxylic acids is 1. The Balaban J connectivity index is 1.75. The summed E-state index contributed by atoms with van der Waals surface area (Å²) in [6.45, 7) is 4.51. The van der Waals surface area contributed by atoms with Crippen LogP contribution in [-0.2, 0) is 9.57 Å². The van der Waals surface area contributed by atoms with Crippen molar-refractivity contribution in [1.29, 1.82) is 5.26 Å². The maximum absolute atomic E-state index is 13.4. The molecule has 0 bridgehead atoms. The number of hydrogen-bond acceptors (Lipinski definition) is 8. The van der Waals surface area contributed by atoms with Gasteiger partial charge in [-0.3, -0.25) is 4.79 Å². The number of aliphatic hydroxyl groups is 1. The Labute approximate surface area is 192 Å². The molecule has 172 valence electrons. The van der Waals surface area contributed by atoms with Gasteiger partial charge in [-0.05, 0) is 36.2 Å². The van der Waals surface area contributed by atoms with Crippen molar-refractivity contribution in [3.63, 3.8) is 0 Å². The zero-order chi connectivity index (χ0) is 23.4. The zero-order valence-electron chi connectivity index (χ0n) is 18.8. The van der Waals surface area contributed by atoms with Crippen molar-refractivity contribution in [1.82, 2.24) is 9.88 Å². The molecule has 0 radical (unpaired) electrons. The van der Waals surface area contributed by atoms with Crippen LogP contribution < -0.4 is 4.90 Å². The van der Waals surface area contributed by atoms with Crippen LogP contribution in [-0.4, -0.2) is 79.2 Å². The van der Waals surface area contributed by atoms with Gasteiger partial charge in [-0.15, -0.1) is 0 Å². The van der Waals surface area contributed by atoms with E-state index in [0.717, 1.165) is 16.7 Å². The lowest BCUT2D eigenvalue weighted by molar-refractivity contribution is 0.0674. The van der Waals surface area contributed by atoms with Gasteiger partial charge in [0.25, 0.3) is 5.91 Å². The first kappa shape index (κ1) is 22.7. The highest BCUT2D eigenvalue weighted by Crippen LogP contribution is 2.34. The van der Waals surface area contributed by atoms with Crippen LogP contribution in [0.15, 0.2) is 35.5 Å². The van der Waals surface area contributed by atoms with Crippen LogP contribution in [0, 0.1) is 18.3 Å². The predicted molar refractivity (Wildman–Crippen MR) is 123 cm³/mol. The molecule has 0 spiro atoms. The van der Waals surface area contributed by atoms with E-state index in [2.05, 4.69) is 16.1 Å². The molecule has 1 amide bonds. The Morgan fingerprint density at radius 1 is 1.30 bits per heavy atom. The lowest BCUT2D eigenvalue weighted by atomic mass is 9.96. The Morgan fingerprint density at radius 3 is 2.79 bits per heavy atom. The number of likely N-dealkylation sites (tertiary alicyclic amines) is 1. The number of aromatic nitrogens is 1. The molecular weight excluding hydrogens is 422 g/mol. The molecule has 3 heterocycles. The van der Waals surface area contributed by atoms with E-state index < -0.39 is 0 Å². The summed E-state index contributed by atoms with van der Waals surface area (Å²) >= 11 is 0. The molecular formula is C24H27N5O4. The molecule has 9 nitrogen and oxygen atoms in total. The predicted octanol–water partition coefficient (Wildman–Crippen LogP) is 1.97. The van der Waals surface area contributed by atoms with E-state index in [9.17, 15) is 15.2 Å². The minimum atomic E-state index is -0.366. The van der Waals surface area contributed by atoms with Gasteiger partial charge in [0.05, 0.1) is 49.8 Å². The summed E-state index contributed by atoms with van der Waals surface area (Å²) in [7, 11) is 1.46. The summed E-state index contributed by atoms with van der Waals surface area (Å²) in [5, 5.41) is 23.2. The number of benzene rings is 1. The summed E-state index contributed by atoms with van der Waals surface area (Å²) in [5.41, 5.74) is 4.25. The lowest BCUT2D eigenvalue weighted by Crippen LogP contribution is -2.39. The van der Waals surface area contributed by atoms with Gasteiger partial charge in [0, 0.05) is 25.1 Å². The molecule has 33 heavy (non-hydrogen) atoms. The van der Waals surface area contributed by atoms with Crippen LogP contribution in [0.2, 0.25) is 0 Å². The molecule has 0 saturated carbocycles. The highest BCUT2D eigenvalue weighted by atomic mass is 16.6. The molecule has 9 heteroatoms. The smallest absolute Gasteiger partial charge is 0.273 e. The van der Waals surface area contributed by atoms with Gasteiger partial charge in [-0.1, -0.05) is 17.3 Å². The van der Waals surface area contributed by atoms with Gasteiger partial charge in [0.1, 0.15) is 18.6 Å². The summed E-state index contributed by atoms with van der Waals surface area (Å²) in [4.78, 5) is 26.7. The van der Waals surface area contributed by atoms with Crippen LogP contribution in [0.5, 0.6) is 0 Å². The Hall–Kier alpha value is -3.48. The molecule has 0 aliphatic carbocycles. The standard InChI is InChI=1S/C24H27N5O4/c1-16-17(13-25)4-3-5-20(16)21-6-7-22(26-23(21)28-8-10-33-11-9-28)24(31)29-14-18(27-32-2)12-19(29)15-30/h3-7,19,30H,8-12,14-15H2,1-2H3. The first-order valence-electron chi connectivity index (χ1n) is 10.9. The molecule has 1 aromatic carbocycles. The number of amides is 1. The normalized spacial score (nSPS) is 19.6. The third-order valence-electron chi connectivity index (χ3n) is 6.11. The van der Waals surface area contributed by atoms with E-state index in [-0.39, 0.29) is 25.1 Å². The van der Waals surface area contributed by atoms with Crippen molar-refractivity contribution in [3.8, 4) is 17.2 Å². The van der Waals surface area contributed by atoms with Crippen LogP contribution >= 0.6 is 0 Å². The second-order valence-electron chi connectivity index (χ2n) is 8.07. The maximum atomic E-state index is 13.4. The molecule has 2 aliphatic heterocycles. The molecule has 2 fully saturated rings. The van der Waals surface area contributed by atoms with Gasteiger partial charge in [0.15, 0.2) is 0 Å². The minimum Gasteiger partial charge on any atom is -0.399 e. The molecule has 1 unspecified atom stereocenters. The van der Waals surface area contributed by atoms with Gasteiger partial charge in [-0.25, -0.2) is 4.98 Å². The van der Waals surface area contributed by atoms with E-state index in [1.165, 1.54) is 7.11 Å². The molecule has 4 rings (SSSR count). The van der Waals surface area contributed by atoms with Crippen molar-refractivity contribution in [3.05, 3.63) is 47.2 Å². The number of ether oxygens (including phenoxy) is 1. The molecule has 1 aromatic heterocycles. The fraction of sp³-hybridized carbons (Fsp3) is 0.417. The van der Waals surface area contributed by atoms with Crippen molar-refractivity contribution >= 4 is 17.4 Å². The van der Waals surface area contributed by atoms with Crippen LogP contribution in [0.3, 0.4) is 0 Å². The van der Waals surface area contributed by atoms with Gasteiger partial charge < -0.3 is 24.5 Å². The molecule has 1 atom stereocenters. The van der Waals surface area contributed by atoms with Crippen molar-refractivity contribution < 1.29 is 19.5 Å². The molecule has 1 N–H and O–H groups in total. The van der Waals surface area contributed by atoms with E-state index in [1.807, 2.05) is 25.1 Å². The molecule has 2 aromatic rings. The van der Waals surface area contributed by atoms with Crippen molar-refractivity contribution in [2.75, 3.05) is 51.5 Å². The monoisotopic (exact) mass is 449 g/mol. The largest absolute Gasteiger partial charge is 0.399 e. The highest BCUT2D eigenvalue weighted by molar-refractivity contribution is 6.00. The number of anilines is 1. The number of oxime groups is 1. The third-order valence-corrected chi connectivity index (χ3v) is 6.11. The fourth-order valence-electron chi connectivity index (χ4n) is 4.36. The number of nitrogens with zero attached hydrogens (tertiary/aromatic N) is 5. The van der Waals surface area contributed by atoms with Crippen molar-refractivity contribution in [2.24, 2.45) is 5.16 Å². The molecule has 2 saturated heterocycles. The van der Waals surface area contributed by atoms with Crippen molar-refractivity contribution in [2.45, 2.75) is 19.4 Å². The van der Waals surface area contributed by atoms with Gasteiger partial charge in [0.2, 0.25) is 0 Å². The van der Waals surface area contributed by atoms with E-state index in [1.54, 1.807) is 17.0 Å². The maximum Gasteiger partial charge on any atom is 0.273 e. The highest BCUT2D eigenvalue weighted by Gasteiger charge is 2.34. The number of hydrogen-bond donors (Lipinski definition) is 1. The topological polar surface area (TPSA) is 111 Å². The SMILES string of the molecule is CON=C1CC(CO)N(C(=O)c2ccc(-c3cccc(C#N)c3C)c(N3CCOCC3)n2)C1. The quantitative estimate of drug-likeness (QED) is 0.695. The number of rotatable bonds is 5. The Morgan fingerprint density at radius 2 is 2.09 bits per heavy atom. The van der Waals surface area contributed by atoms with E-state index in [0.29, 0.717) is 55.5 Å². The second-order valence-corrected chi connectivity index (χ2v) is 8.07. The number of pyridine rings is 1. The zero-order valence-corrected chi connectivity index (χ0v) is 18.8. The average molecular weight is 450 g/mol. The minimum absolute atomic E-state index is 0.164. The number of aliphatic hydroxyl groups excluding tert-OH is 1.